The molecule has 1 aromatic rings. The molecule has 0 saturated carbocycles. The number of nitrogens with zero attached hydrogens (tertiary/aromatic N) is 1. The van der Waals surface area contributed by atoms with Gasteiger partial charge in [-0.25, -0.2) is 4.79 Å². The minimum atomic E-state index is -0.0793. The molecule has 2 atom stereocenters. The number of hydrogen-bond donors (Lipinski definition) is 2. The average Bonchev–Trinajstić information content (AvgIpc) is 3.12. The third-order valence-corrected chi connectivity index (χ3v) is 5.04. The summed E-state index contributed by atoms with van der Waals surface area (Å²) in [7, 11) is 0. The van der Waals surface area contributed by atoms with Gasteiger partial charge in [-0.1, -0.05) is 12.1 Å². The number of urea groups is 1. The molecule has 3 amide bonds. The van der Waals surface area contributed by atoms with Gasteiger partial charge in [0.15, 0.2) is 0 Å². The largest absolute Gasteiger partial charge is 0.381 e. The molecule has 0 unspecified atom stereocenters. The Morgan fingerprint density at radius 3 is 3.00 bits per heavy atom. The van der Waals surface area contributed by atoms with Gasteiger partial charge >= 0.3 is 6.03 Å². The molecule has 2 aliphatic rings. The van der Waals surface area contributed by atoms with Gasteiger partial charge in [-0.2, -0.15) is 0 Å². The molecule has 1 saturated heterocycles. The highest BCUT2D eigenvalue weighted by Crippen LogP contribution is 2.26. The van der Waals surface area contributed by atoms with Gasteiger partial charge in [-0.3, -0.25) is 4.79 Å². The predicted octanol–water partition coefficient (Wildman–Crippen LogP) is 2.70. The topological polar surface area (TPSA) is 70.7 Å². The lowest BCUT2D eigenvalue weighted by Crippen LogP contribution is -2.43. The highest BCUT2D eigenvalue weighted by molar-refractivity contribution is 5.93. The van der Waals surface area contributed by atoms with Gasteiger partial charge in [0.25, 0.3) is 0 Å². The summed E-state index contributed by atoms with van der Waals surface area (Å²) >= 11 is 0. The molecule has 0 bridgehead atoms. The van der Waals surface area contributed by atoms with Crippen LogP contribution >= 0.6 is 0 Å². The maximum absolute atomic E-state index is 12.6. The molecule has 0 radical (unpaired) electrons. The number of benzene rings is 1. The van der Waals surface area contributed by atoms with Gasteiger partial charge in [0.2, 0.25) is 5.91 Å². The first-order valence-electron chi connectivity index (χ1n) is 9.12. The highest BCUT2D eigenvalue weighted by Gasteiger charge is 2.23. The third kappa shape index (κ3) is 4.31. The fourth-order valence-electron chi connectivity index (χ4n) is 3.43. The van der Waals surface area contributed by atoms with Crippen LogP contribution in [0, 0.1) is 5.92 Å². The predicted molar refractivity (Wildman–Crippen MR) is 96.5 cm³/mol. The van der Waals surface area contributed by atoms with E-state index < -0.39 is 0 Å². The number of aryl methyl sites for hydroxylation is 1. The number of anilines is 1. The average molecular weight is 345 g/mol. The van der Waals surface area contributed by atoms with Crippen molar-refractivity contribution in [3.8, 4) is 0 Å². The van der Waals surface area contributed by atoms with Gasteiger partial charge in [0.05, 0.1) is 12.6 Å². The number of hydrogen-bond acceptors (Lipinski definition) is 3. The Balaban J connectivity index is 1.61. The van der Waals surface area contributed by atoms with Crippen LogP contribution in [-0.2, 0) is 16.0 Å². The van der Waals surface area contributed by atoms with Gasteiger partial charge in [0.1, 0.15) is 0 Å². The molecule has 6 nitrogen and oxygen atoms in total. The normalized spacial score (nSPS) is 20.6. The van der Waals surface area contributed by atoms with E-state index in [0.29, 0.717) is 18.9 Å². The zero-order chi connectivity index (χ0) is 17.8. The Hall–Kier alpha value is -2.08. The van der Waals surface area contributed by atoms with Crippen LogP contribution in [-0.4, -0.2) is 43.1 Å². The Morgan fingerprint density at radius 1 is 1.44 bits per heavy atom. The van der Waals surface area contributed by atoms with Crippen LogP contribution in [0.25, 0.3) is 0 Å². The molecule has 0 aliphatic carbocycles. The fourth-order valence-corrected chi connectivity index (χ4v) is 3.43. The van der Waals surface area contributed by atoms with Gasteiger partial charge in [0, 0.05) is 37.7 Å². The number of fused-ring (bicyclic) bond motifs is 1. The van der Waals surface area contributed by atoms with Gasteiger partial charge < -0.3 is 20.3 Å². The second kappa shape index (κ2) is 7.87. The third-order valence-electron chi connectivity index (χ3n) is 5.04. The Morgan fingerprint density at radius 2 is 2.28 bits per heavy atom. The first kappa shape index (κ1) is 17.7. The van der Waals surface area contributed by atoms with E-state index in [4.69, 9.17) is 4.74 Å². The fraction of sp³-hybridized carbons (Fsp3) is 0.579. The van der Waals surface area contributed by atoms with E-state index in [9.17, 15) is 9.59 Å². The van der Waals surface area contributed by atoms with Gasteiger partial charge in [-0.15, -0.1) is 0 Å². The van der Waals surface area contributed by atoms with Crippen molar-refractivity contribution in [2.24, 2.45) is 5.92 Å². The number of nitrogens with one attached hydrogen (secondary N) is 2. The standard InChI is InChI=1S/C19H27N3O3/c1-3-22(11-14-8-9-25-12-14)19(24)20-13(2)15-4-6-17-16(10-15)5-7-18(23)21-17/h4,6,10,13-14H,3,5,7-9,11-12H2,1-2H3,(H,20,24)(H,21,23)/t13-,14+/m1/s1. The zero-order valence-corrected chi connectivity index (χ0v) is 15.0. The van der Waals surface area contributed by atoms with E-state index in [0.717, 1.165) is 49.4 Å². The monoisotopic (exact) mass is 345 g/mol. The first-order valence-corrected chi connectivity index (χ1v) is 9.12. The number of ether oxygens (including phenoxy) is 1. The number of rotatable bonds is 5. The highest BCUT2D eigenvalue weighted by atomic mass is 16.5. The SMILES string of the molecule is CCN(C[C@@H]1CCOC1)C(=O)N[C@H](C)c1ccc2c(c1)CCC(=O)N2. The Bertz CT molecular complexity index is 641. The molecule has 6 heteroatoms. The summed E-state index contributed by atoms with van der Waals surface area (Å²) in [6, 6.07) is 5.87. The molecular formula is C19H27N3O3. The number of carbonyl (C=O) groups is 2. The van der Waals surface area contributed by atoms with Crippen LogP contribution in [0.3, 0.4) is 0 Å². The van der Waals surface area contributed by atoms with E-state index in [1.54, 1.807) is 0 Å². The van der Waals surface area contributed by atoms with Gasteiger partial charge in [-0.05, 0) is 43.9 Å². The Kier molecular flexibility index (Phi) is 5.58. The van der Waals surface area contributed by atoms with Crippen molar-refractivity contribution in [3.05, 3.63) is 29.3 Å². The molecule has 0 spiro atoms. The summed E-state index contributed by atoms with van der Waals surface area (Å²) in [5, 5.41) is 5.98. The summed E-state index contributed by atoms with van der Waals surface area (Å²) in [5.41, 5.74) is 3.08. The van der Waals surface area contributed by atoms with Crippen molar-refractivity contribution in [2.75, 3.05) is 31.6 Å². The molecule has 2 aliphatic heterocycles. The van der Waals surface area contributed by atoms with Crippen molar-refractivity contribution in [3.63, 3.8) is 0 Å². The second-order valence-corrected chi connectivity index (χ2v) is 6.90. The van der Waals surface area contributed by atoms with Crippen molar-refractivity contribution in [2.45, 2.75) is 39.2 Å². The Labute approximate surface area is 148 Å². The minimum Gasteiger partial charge on any atom is -0.381 e. The van der Waals surface area contributed by atoms with Crippen LogP contribution in [0.5, 0.6) is 0 Å². The van der Waals surface area contributed by atoms with Crippen molar-refractivity contribution < 1.29 is 14.3 Å². The van der Waals surface area contributed by atoms with E-state index in [1.807, 2.05) is 30.9 Å². The second-order valence-electron chi connectivity index (χ2n) is 6.90. The summed E-state index contributed by atoms with van der Waals surface area (Å²) in [6.07, 6.45) is 2.29. The maximum Gasteiger partial charge on any atom is 0.317 e. The minimum absolute atomic E-state index is 0.0343. The zero-order valence-electron chi connectivity index (χ0n) is 15.0. The lowest BCUT2D eigenvalue weighted by atomic mass is 9.98. The smallest absolute Gasteiger partial charge is 0.317 e. The molecule has 3 rings (SSSR count). The molecule has 25 heavy (non-hydrogen) atoms. The first-order chi connectivity index (χ1) is 12.1. The van der Waals surface area contributed by atoms with E-state index in [2.05, 4.69) is 16.7 Å². The van der Waals surface area contributed by atoms with Crippen LogP contribution in [0.4, 0.5) is 10.5 Å². The number of amides is 3. The lowest BCUT2D eigenvalue weighted by molar-refractivity contribution is -0.116. The van der Waals surface area contributed by atoms with Crippen molar-refractivity contribution in [1.29, 1.82) is 0 Å². The summed E-state index contributed by atoms with van der Waals surface area (Å²) in [6.45, 7) is 6.97. The van der Waals surface area contributed by atoms with Crippen LogP contribution < -0.4 is 10.6 Å². The van der Waals surface area contributed by atoms with Crippen LogP contribution in [0.15, 0.2) is 18.2 Å². The lowest BCUT2D eigenvalue weighted by Gasteiger charge is -2.27. The molecule has 2 heterocycles. The number of carbonyl (C=O) groups excluding carboxylic acids is 2. The molecular weight excluding hydrogens is 318 g/mol. The van der Waals surface area contributed by atoms with E-state index >= 15 is 0 Å². The molecule has 0 aromatic heterocycles. The summed E-state index contributed by atoms with van der Waals surface area (Å²) in [5.74, 6) is 0.504. The van der Waals surface area contributed by atoms with Crippen molar-refractivity contribution >= 4 is 17.6 Å². The van der Waals surface area contributed by atoms with E-state index in [-0.39, 0.29) is 18.0 Å². The molecule has 1 fully saturated rings. The summed E-state index contributed by atoms with van der Waals surface area (Å²) < 4.78 is 5.40. The molecule has 1 aromatic carbocycles. The van der Waals surface area contributed by atoms with Crippen molar-refractivity contribution in [1.82, 2.24) is 10.2 Å². The quantitative estimate of drug-likeness (QED) is 0.862. The van der Waals surface area contributed by atoms with Crippen LogP contribution in [0.1, 0.15) is 43.9 Å². The van der Waals surface area contributed by atoms with E-state index in [1.165, 1.54) is 0 Å². The molecule has 2 N–H and O–H groups in total. The summed E-state index contributed by atoms with van der Waals surface area (Å²) in [4.78, 5) is 25.9. The molecule has 136 valence electrons. The van der Waals surface area contributed by atoms with Crippen LogP contribution in [0.2, 0.25) is 0 Å². The maximum atomic E-state index is 12.6.